The lowest BCUT2D eigenvalue weighted by atomic mass is 10.2. The highest BCUT2D eigenvalue weighted by molar-refractivity contribution is 5.72. The van der Waals surface area contributed by atoms with E-state index in [0.717, 1.165) is 24.3 Å². The molecule has 1 atom stereocenters. The van der Waals surface area contributed by atoms with Gasteiger partial charge in [0.05, 0.1) is 0 Å². The minimum Gasteiger partial charge on any atom is -0.486 e. The van der Waals surface area contributed by atoms with Crippen LogP contribution >= 0.6 is 0 Å². The Morgan fingerprint density at radius 2 is 2.18 bits per heavy atom. The van der Waals surface area contributed by atoms with E-state index in [0.29, 0.717) is 13.2 Å². The summed E-state index contributed by atoms with van der Waals surface area (Å²) in [5.74, 6) is 1.63. The number of amides is 1. The molecule has 4 nitrogen and oxygen atoms in total. The molecule has 1 aliphatic heterocycles. The summed E-state index contributed by atoms with van der Waals surface area (Å²) >= 11 is 0. The van der Waals surface area contributed by atoms with Gasteiger partial charge in [0.25, 0.3) is 0 Å². The fourth-order valence-corrected chi connectivity index (χ4v) is 1.80. The number of benzene rings is 1. The van der Waals surface area contributed by atoms with E-state index in [1.807, 2.05) is 24.3 Å². The molecule has 0 bridgehead atoms. The predicted octanol–water partition coefficient (Wildman–Crippen LogP) is 1.74. The summed E-state index contributed by atoms with van der Waals surface area (Å²) in [6, 6.07) is 7.68. The number of rotatable bonds is 4. The molecule has 1 unspecified atom stereocenters. The average molecular weight is 235 g/mol. The van der Waals surface area contributed by atoms with Gasteiger partial charge in [-0.2, -0.15) is 0 Å². The molecule has 0 radical (unpaired) electrons. The SMILES string of the molecule is CC(=O)NCCCC1COc2ccccc2O1. The van der Waals surface area contributed by atoms with Crippen LogP contribution in [-0.4, -0.2) is 25.2 Å². The molecule has 0 fully saturated rings. The second-order valence-corrected chi connectivity index (χ2v) is 4.12. The maximum Gasteiger partial charge on any atom is 0.216 e. The standard InChI is InChI=1S/C13H17NO3/c1-10(15)14-8-4-5-11-9-16-12-6-2-3-7-13(12)17-11/h2-3,6-7,11H,4-5,8-9H2,1H3,(H,14,15). The van der Waals surface area contributed by atoms with Gasteiger partial charge in [-0.3, -0.25) is 4.79 Å². The van der Waals surface area contributed by atoms with E-state index in [2.05, 4.69) is 5.32 Å². The normalized spacial score (nSPS) is 17.6. The molecule has 4 heteroatoms. The molecule has 0 aromatic heterocycles. The predicted molar refractivity (Wildman–Crippen MR) is 64.3 cm³/mol. The van der Waals surface area contributed by atoms with Crippen LogP contribution in [0, 0.1) is 0 Å². The molecule has 1 aliphatic rings. The van der Waals surface area contributed by atoms with Crippen molar-refractivity contribution in [2.45, 2.75) is 25.9 Å². The van der Waals surface area contributed by atoms with Gasteiger partial charge >= 0.3 is 0 Å². The Morgan fingerprint density at radius 1 is 1.41 bits per heavy atom. The van der Waals surface area contributed by atoms with Gasteiger partial charge in [0, 0.05) is 13.5 Å². The molecular formula is C13H17NO3. The van der Waals surface area contributed by atoms with Crippen molar-refractivity contribution in [2.75, 3.05) is 13.2 Å². The maximum atomic E-state index is 10.7. The van der Waals surface area contributed by atoms with Crippen molar-refractivity contribution in [2.24, 2.45) is 0 Å². The Balaban J connectivity index is 1.76. The number of nitrogens with one attached hydrogen (secondary N) is 1. The quantitative estimate of drug-likeness (QED) is 0.809. The average Bonchev–Trinajstić information content (AvgIpc) is 2.34. The highest BCUT2D eigenvalue weighted by Crippen LogP contribution is 2.31. The minimum absolute atomic E-state index is 0.0103. The van der Waals surface area contributed by atoms with Crippen molar-refractivity contribution in [3.63, 3.8) is 0 Å². The van der Waals surface area contributed by atoms with E-state index in [1.54, 1.807) is 0 Å². The van der Waals surface area contributed by atoms with Gasteiger partial charge in [-0.15, -0.1) is 0 Å². The van der Waals surface area contributed by atoms with Crippen LogP contribution in [0.25, 0.3) is 0 Å². The van der Waals surface area contributed by atoms with Gasteiger partial charge in [0.15, 0.2) is 11.5 Å². The molecule has 0 spiro atoms. The molecule has 0 aliphatic carbocycles. The monoisotopic (exact) mass is 235 g/mol. The first-order valence-electron chi connectivity index (χ1n) is 5.88. The smallest absolute Gasteiger partial charge is 0.216 e. The van der Waals surface area contributed by atoms with Crippen LogP contribution in [-0.2, 0) is 4.79 Å². The van der Waals surface area contributed by atoms with E-state index in [4.69, 9.17) is 9.47 Å². The van der Waals surface area contributed by atoms with Gasteiger partial charge in [0.1, 0.15) is 12.7 Å². The van der Waals surface area contributed by atoms with Gasteiger partial charge in [-0.25, -0.2) is 0 Å². The van der Waals surface area contributed by atoms with E-state index >= 15 is 0 Å². The van der Waals surface area contributed by atoms with Crippen LogP contribution < -0.4 is 14.8 Å². The van der Waals surface area contributed by atoms with Gasteiger partial charge < -0.3 is 14.8 Å². The molecule has 17 heavy (non-hydrogen) atoms. The van der Waals surface area contributed by atoms with Gasteiger partial charge in [0.2, 0.25) is 5.91 Å². The highest BCUT2D eigenvalue weighted by atomic mass is 16.6. The van der Waals surface area contributed by atoms with E-state index in [1.165, 1.54) is 6.92 Å². The van der Waals surface area contributed by atoms with Crippen LogP contribution in [0.15, 0.2) is 24.3 Å². The molecule has 1 N–H and O–H groups in total. The van der Waals surface area contributed by atoms with Crippen molar-refractivity contribution < 1.29 is 14.3 Å². The lowest BCUT2D eigenvalue weighted by molar-refractivity contribution is -0.118. The highest BCUT2D eigenvalue weighted by Gasteiger charge is 2.19. The first-order valence-corrected chi connectivity index (χ1v) is 5.88. The summed E-state index contributed by atoms with van der Waals surface area (Å²) in [5, 5.41) is 2.77. The van der Waals surface area contributed by atoms with E-state index in [-0.39, 0.29) is 12.0 Å². The number of para-hydroxylation sites is 2. The summed E-state index contributed by atoms with van der Waals surface area (Å²) < 4.78 is 11.4. The zero-order valence-corrected chi connectivity index (χ0v) is 9.94. The Kier molecular flexibility index (Phi) is 3.85. The molecule has 0 saturated carbocycles. The topological polar surface area (TPSA) is 47.6 Å². The molecule has 2 rings (SSSR count). The fourth-order valence-electron chi connectivity index (χ4n) is 1.80. The lowest BCUT2D eigenvalue weighted by Crippen LogP contribution is -2.30. The lowest BCUT2D eigenvalue weighted by Gasteiger charge is -2.26. The summed E-state index contributed by atoms with van der Waals surface area (Å²) in [7, 11) is 0. The maximum absolute atomic E-state index is 10.7. The van der Waals surface area contributed by atoms with Crippen molar-refractivity contribution in [1.82, 2.24) is 5.32 Å². The fraction of sp³-hybridized carbons (Fsp3) is 0.462. The Labute approximate surface area is 101 Å². The van der Waals surface area contributed by atoms with Crippen molar-refractivity contribution in [1.29, 1.82) is 0 Å². The molecule has 0 saturated heterocycles. The minimum atomic E-state index is 0.0103. The van der Waals surface area contributed by atoms with Crippen LogP contribution in [0.1, 0.15) is 19.8 Å². The number of fused-ring (bicyclic) bond motifs is 1. The second kappa shape index (κ2) is 5.57. The van der Waals surface area contributed by atoms with Gasteiger partial charge in [-0.1, -0.05) is 12.1 Å². The molecule has 1 heterocycles. The number of carbonyl (C=O) groups excluding carboxylic acids is 1. The third kappa shape index (κ3) is 3.37. The van der Waals surface area contributed by atoms with Gasteiger partial charge in [-0.05, 0) is 25.0 Å². The van der Waals surface area contributed by atoms with Crippen LogP contribution in [0.3, 0.4) is 0 Å². The van der Waals surface area contributed by atoms with Crippen LogP contribution in [0.5, 0.6) is 11.5 Å². The van der Waals surface area contributed by atoms with E-state index in [9.17, 15) is 4.79 Å². The molecule has 1 amide bonds. The van der Waals surface area contributed by atoms with Crippen molar-refractivity contribution in [3.8, 4) is 11.5 Å². The Morgan fingerprint density at radius 3 is 2.94 bits per heavy atom. The zero-order chi connectivity index (χ0) is 12.1. The van der Waals surface area contributed by atoms with Crippen molar-refractivity contribution in [3.05, 3.63) is 24.3 Å². The second-order valence-electron chi connectivity index (χ2n) is 4.12. The summed E-state index contributed by atoms with van der Waals surface area (Å²) in [6.45, 7) is 2.80. The first-order chi connectivity index (χ1) is 8.25. The number of ether oxygens (including phenoxy) is 2. The summed E-state index contributed by atoms with van der Waals surface area (Å²) in [4.78, 5) is 10.7. The molecule has 1 aromatic rings. The number of carbonyl (C=O) groups is 1. The first kappa shape index (κ1) is 11.8. The number of hydrogen-bond donors (Lipinski definition) is 1. The van der Waals surface area contributed by atoms with Crippen LogP contribution in [0.4, 0.5) is 0 Å². The number of hydrogen-bond acceptors (Lipinski definition) is 3. The van der Waals surface area contributed by atoms with E-state index < -0.39 is 0 Å². The molecule has 1 aromatic carbocycles. The molecule has 92 valence electrons. The molecular weight excluding hydrogens is 218 g/mol. The largest absolute Gasteiger partial charge is 0.486 e. The summed E-state index contributed by atoms with van der Waals surface area (Å²) in [5.41, 5.74) is 0. The third-order valence-electron chi connectivity index (χ3n) is 2.64. The zero-order valence-electron chi connectivity index (χ0n) is 9.94. The Hall–Kier alpha value is -1.71. The summed E-state index contributed by atoms with van der Waals surface area (Å²) in [6.07, 6.45) is 1.86. The third-order valence-corrected chi connectivity index (χ3v) is 2.64. The van der Waals surface area contributed by atoms with Crippen LogP contribution in [0.2, 0.25) is 0 Å². The van der Waals surface area contributed by atoms with Crippen molar-refractivity contribution >= 4 is 5.91 Å². The Bertz CT molecular complexity index is 392.